The summed E-state index contributed by atoms with van der Waals surface area (Å²) in [6, 6.07) is 8.09. The second-order valence-electron chi connectivity index (χ2n) is 6.88. The summed E-state index contributed by atoms with van der Waals surface area (Å²) in [5.41, 5.74) is 2.55. The van der Waals surface area contributed by atoms with Crippen molar-refractivity contribution in [2.24, 2.45) is 0 Å². The minimum absolute atomic E-state index is 0.208. The summed E-state index contributed by atoms with van der Waals surface area (Å²) in [6.07, 6.45) is 3.26. The number of aromatic nitrogens is 2. The third kappa shape index (κ3) is 3.96. The van der Waals surface area contributed by atoms with Crippen LogP contribution in [-0.2, 0) is 20.9 Å². The fraction of sp³-hybridized carbons (Fsp3) is 0.300. The molecule has 0 spiro atoms. The molecule has 8 heteroatoms. The number of hydrogen-bond donors (Lipinski definition) is 1. The van der Waals surface area contributed by atoms with Crippen LogP contribution in [0.3, 0.4) is 0 Å². The molecule has 2 aromatic heterocycles. The smallest absolute Gasteiger partial charge is 0.326 e. The number of amides is 1. The van der Waals surface area contributed by atoms with Gasteiger partial charge in [0.25, 0.3) is 11.5 Å². The van der Waals surface area contributed by atoms with E-state index >= 15 is 0 Å². The first-order chi connectivity index (χ1) is 13.5. The molecule has 1 aliphatic rings. The van der Waals surface area contributed by atoms with Gasteiger partial charge in [-0.05, 0) is 25.3 Å². The molecular formula is C20H19N3O4S. The van der Waals surface area contributed by atoms with Crippen LogP contribution in [0, 0.1) is 6.92 Å². The molecule has 0 atom stereocenters. The maximum Gasteiger partial charge on any atom is 0.326 e. The van der Waals surface area contributed by atoms with Crippen LogP contribution >= 0.6 is 11.3 Å². The van der Waals surface area contributed by atoms with Gasteiger partial charge in [0.15, 0.2) is 6.61 Å². The van der Waals surface area contributed by atoms with Crippen LogP contribution in [0.15, 0.2) is 40.8 Å². The van der Waals surface area contributed by atoms with Crippen molar-refractivity contribution in [3.63, 3.8) is 0 Å². The number of rotatable bonds is 6. The van der Waals surface area contributed by atoms with Gasteiger partial charge in [-0.25, -0.2) is 4.98 Å². The van der Waals surface area contributed by atoms with Crippen LogP contribution in [0.4, 0.5) is 0 Å². The van der Waals surface area contributed by atoms with Gasteiger partial charge in [0.1, 0.15) is 11.4 Å². The molecule has 3 aromatic rings. The van der Waals surface area contributed by atoms with E-state index in [1.165, 1.54) is 22.2 Å². The summed E-state index contributed by atoms with van der Waals surface area (Å²) < 4.78 is 6.19. The number of ether oxygens (including phenoxy) is 1. The van der Waals surface area contributed by atoms with E-state index in [9.17, 15) is 14.4 Å². The highest BCUT2D eigenvalue weighted by atomic mass is 32.1. The van der Waals surface area contributed by atoms with Crippen molar-refractivity contribution >= 4 is 33.4 Å². The monoisotopic (exact) mass is 397 g/mol. The van der Waals surface area contributed by atoms with Crippen molar-refractivity contribution in [1.29, 1.82) is 0 Å². The van der Waals surface area contributed by atoms with Crippen LogP contribution in [0.1, 0.15) is 18.4 Å². The minimum atomic E-state index is -0.652. The molecular weight excluding hydrogens is 378 g/mol. The summed E-state index contributed by atoms with van der Waals surface area (Å²) in [5.74, 6) is -0.974. The van der Waals surface area contributed by atoms with Gasteiger partial charge < -0.3 is 10.1 Å². The molecule has 1 saturated carbocycles. The molecule has 1 aromatic carbocycles. The lowest BCUT2D eigenvalue weighted by Crippen LogP contribution is -2.32. The molecule has 1 aliphatic carbocycles. The van der Waals surface area contributed by atoms with E-state index in [4.69, 9.17) is 4.74 Å². The third-order valence-corrected chi connectivity index (χ3v) is 5.42. The lowest BCUT2D eigenvalue weighted by Gasteiger charge is -2.08. The predicted molar refractivity (Wildman–Crippen MR) is 106 cm³/mol. The predicted octanol–water partition coefficient (Wildman–Crippen LogP) is 2.26. The van der Waals surface area contributed by atoms with E-state index in [2.05, 4.69) is 10.3 Å². The Morgan fingerprint density at radius 1 is 1.29 bits per heavy atom. The first kappa shape index (κ1) is 18.4. The second-order valence-corrected chi connectivity index (χ2v) is 7.73. The van der Waals surface area contributed by atoms with Gasteiger partial charge in [-0.3, -0.25) is 19.0 Å². The van der Waals surface area contributed by atoms with Crippen LogP contribution in [-0.4, -0.2) is 34.1 Å². The van der Waals surface area contributed by atoms with Crippen LogP contribution in [0.2, 0.25) is 0 Å². The van der Waals surface area contributed by atoms with Crippen molar-refractivity contribution in [1.82, 2.24) is 14.9 Å². The lowest BCUT2D eigenvalue weighted by atomic mass is 10.1. The average Bonchev–Trinajstić information content (AvgIpc) is 3.38. The number of hydrogen-bond acceptors (Lipinski definition) is 6. The highest BCUT2D eigenvalue weighted by Crippen LogP contribution is 2.30. The molecule has 0 saturated heterocycles. The first-order valence-corrected chi connectivity index (χ1v) is 9.88. The van der Waals surface area contributed by atoms with Gasteiger partial charge in [-0.2, -0.15) is 0 Å². The van der Waals surface area contributed by atoms with E-state index in [0.29, 0.717) is 10.2 Å². The van der Waals surface area contributed by atoms with Crippen LogP contribution < -0.4 is 10.9 Å². The Morgan fingerprint density at radius 2 is 2.04 bits per heavy atom. The maximum absolute atomic E-state index is 12.9. The number of benzene rings is 1. The number of nitrogens with one attached hydrogen (secondary N) is 1. The van der Waals surface area contributed by atoms with Crippen LogP contribution in [0.5, 0.6) is 0 Å². The molecule has 0 bridgehead atoms. The molecule has 0 radical (unpaired) electrons. The van der Waals surface area contributed by atoms with E-state index in [0.717, 1.165) is 29.5 Å². The molecule has 1 N–H and O–H groups in total. The van der Waals surface area contributed by atoms with E-state index in [1.807, 2.05) is 36.6 Å². The van der Waals surface area contributed by atoms with E-state index < -0.39 is 5.97 Å². The van der Waals surface area contributed by atoms with Crippen molar-refractivity contribution < 1.29 is 14.3 Å². The Labute approximate surface area is 165 Å². The van der Waals surface area contributed by atoms with E-state index in [1.54, 1.807) is 0 Å². The Kier molecular flexibility index (Phi) is 4.95. The Morgan fingerprint density at radius 3 is 2.75 bits per heavy atom. The molecule has 1 fully saturated rings. The third-order valence-electron chi connectivity index (χ3n) is 4.53. The quantitative estimate of drug-likeness (QED) is 0.645. The summed E-state index contributed by atoms with van der Waals surface area (Å²) in [7, 11) is 0. The zero-order chi connectivity index (χ0) is 19.7. The normalized spacial score (nSPS) is 13.5. The zero-order valence-electron chi connectivity index (χ0n) is 15.3. The van der Waals surface area contributed by atoms with Crippen molar-refractivity contribution in [3.05, 3.63) is 51.9 Å². The number of thiophene rings is 1. The van der Waals surface area contributed by atoms with E-state index in [-0.39, 0.29) is 30.7 Å². The average molecular weight is 397 g/mol. The Bertz CT molecular complexity index is 1100. The number of carbonyl (C=O) groups is 2. The summed E-state index contributed by atoms with van der Waals surface area (Å²) >= 11 is 1.39. The molecule has 1 amide bonds. The molecule has 28 heavy (non-hydrogen) atoms. The zero-order valence-corrected chi connectivity index (χ0v) is 16.1. The minimum Gasteiger partial charge on any atom is -0.454 e. The summed E-state index contributed by atoms with van der Waals surface area (Å²) in [5, 5.41) is 5.12. The van der Waals surface area contributed by atoms with Gasteiger partial charge in [-0.15, -0.1) is 11.3 Å². The van der Waals surface area contributed by atoms with Gasteiger partial charge in [0.2, 0.25) is 0 Å². The highest BCUT2D eigenvalue weighted by molar-refractivity contribution is 7.17. The van der Waals surface area contributed by atoms with Gasteiger partial charge in [0, 0.05) is 17.0 Å². The number of esters is 1. The molecule has 7 nitrogen and oxygen atoms in total. The maximum atomic E-state index is 12.9. The topological polar surface area (TPSA) is 90.3 Å². The second kappa shape index (κ2) is 7.55. The van der Waals surface area contributed by atoms with Crippen molar-refractivity contribution in [2.75, 3.05) is 6.61 Å². The number of fused-ring (bicyclic) bond motifs is 1. The van der Waals surface area contributed by atoms with Crippen LogP contribution in [0.25, 0.3) is 21.3 Å². The molecule has 2 heterocycles. The Balaban J connectivity index is 1.53. The fourth-order valence-corrected chi connectivity index (χ4v) is 3.76. The fourth-order valence-electron chi connectivity index (χ4n) is 2.85. The molecule has 4 rings (SSSR count). The highest BCUT2D eigenvalue weighted by Gasteiger charge is 2.23. The standard InChI is InChI=1S/C20H19N3O4S/c1-12-2-4-13(5-3-12)15-10-28-19-18(15)20(26)23(11-21-19)8-17(25)27-9-16(24)22-14-6-7-14/h2-5,10-11,14H,6-9H2,1H3,(H,22,24). The SMILES string of the molecule is Cc1ccc(-c2csc3ncn(CC(=O)OCC(=O)NC4CC4)c(=O)c23)cc1. The Hall–Kier alpha value is -3.00. The summed E-state index contributed by atoms with van der Waals surface area (Å²) in [6.45, 7) is 1.37. The van der Waals surface area contributed by atoms with Gasteiger partial charge >= 0.3 is 5.97 Å². The number of aryl methyl sites for hydroxylation is 1. The number of carbonyl (C=O) groups excluding carboxylic acids is 2. The molecule has 144 valence electrons. The van der Waals surface area contributed by atoms with Crippen molar-refractivity contribution in [3.8, 4) is 11.1 Å². The largest absolute Gasteiger partial charge is 0.454 e. The summed E-state index contributed by atoms with van der Waals surface area (Å²) in [4.78, 5) is 41.5. The van der Waals surface area contributed by atoms with Crippen molar-refractivity contribution in [2.45, 2.75) is 32.4 Å². The van der Waals surface area contributed by atoms with Gasteiger partial charge in [0.05, 0.1) is 11.7 Å². The lowest BCUT2D eigenvalue weighted by molar-refractivity contribution is -0.149. The molecule has 0 aliphatic heterocycles. The van der Waals surface area contributed by atoms with Gasteiger partial charge in [-0.1, -0.05) is 29.8 Å². The molecule has 0 unspecified atom stereocenters. The number of nitrogens with zero attached hydrogens (tertiary/aromatic N) is 2. The first-order valence-electron chi connectivity index (χ1n) is 9.00.